The summed E-state index contributed by atoms with van der Waals surface area (Å²) in [5.41, 5.74) is 4.55. The molecule has 1 aliphatic carbocycles. The second kappa shape index (κ2) is 15.5. The summed E-state index contributed by atoms with van der Waals surface area (Å²) in [6.45, 7) is 8.52. The molecular weight excluding hydrogens is 536 g/mol. The SMILES string of the molecule is COCCCN1CCOc2ccc(CO[C@H]3CNC[C@@H](OC[C@@H](C)O)[C@@H]3c3ccc(COCC4C[C@@H]4OC)cc3)cc21. The number of hydrogen-bond donors (Lipinski definition) is 2. The fraction of sp³-hybridized carbons (Fsp3) is 0.636. The molecular formula is C33H48N2O7. The van der Waals surface area contributed by atoms with Crippen LogP contribution in [0, 0.1) is 5.92 Å². The molecule has 1 saturated heterocycles. The lowest BCUT2D eigenvalue weighted by molar-refractivity contribution is -0.0752. The van der Waals surface area contributed by atoms with Gasteiger partial charge in [-0.05, 0) is 48.6 Å². The molecule has 0 bridgehead atoms. The number of piperidine rings is 1. The Kier molecular flexibility index (Phi) is 11.5. The normalized spacial score (nSPS) is 26.0. The van der Waals surface area contributed by atoms with Crippen LogP contribution in [-0.2, 0) is 36.9 Å². The fourth-order valence-corrected chi connectivity index (χ4v) is 5.97. The van der Waals surface area contributed by atoms with E-state index in [1.165, 1.54) is 5.56 Å². The van der Waals surface area contributed by atoms with Crippen LogP contribution in [0.25, 0.3) is 0 Å². The van der Waals surface area contributed by atoms with Crippen LogP contribution in [0.2, 0.25) is 0 Å². The summed E-state index contributed by atoms with van der Waals surface area (Å²) in [6.07, 6.45) is 1.68. The van der Waals surface area contributed by atoms with Gasteiger partial charge in [0.25, 0.3) is 0 Å². The number of nitrogens with zero attached hydrogens (tertiary/aromatic N) is 1. The predicted molar refractivity (Wildman–Crippen MR) is 161 cm³/mol. The van der Waals surface area contributed by atoms with Crippen molar-refractivity contribution in [1.82, 2.24) is 5.32 Å². The molecule has 3 aliphatic rings. The molecule has 1 unspecified atom stereocenters. The summed E-state index contributed by atoms with van der Waals surface area (Å²) in [6, 6.07) is 15.0. The van der Waals surface area contributed by atoms with Gasteiger partial charge in [0.2, 0.25) is 0 Å². The molecule has 6 atom stereocenters. The van der Waals surface area contributed by atoms with Crippen molar-refractivity contribution >= 4 is 5.69 Å². The average molecular weight is 585 g/mol. The van der Waals surface area contributed by atoms with E-state index in [4.69, 9.17) is 28.4 Å². The van der Waals surface area contributed by atoms with E-state index in [9.17, 15) is 5.11 Å². The molecule has 2 aliphatic heterocycles. The smallest absolute Gasteiger partial charge is 0.142 e. The third kappa shape index (κ3) is 8.44. The number of hydrogen-bond acceptors (Lipinski definition) is 9. The third-order valence-electron chi connectivity index (χ3n) is 8.39. The van der Waals surface area contributed by atoms with Gasteiger partial charge < -0.3 is 43.7 Å². The van der Waals surface area contributed by atoms with E-state index in [0.717, 1.165) is 68.3 Å². The van der Waals surface area contributed by atoms with Crippen LogP contribution in [0.3, 0.4) is 0 Å². The zero-order chi connectivity index (χ0) is 29.3. The minimum absolute atomic E-state index is 0.0281. The summed E-state index contributed by atoms with van der Waals surface area (Å²) in [5, 5.41) is 13.4. The van der Waals surface area contributed by atoms with E-state index >= 15 is 0 Å². The molecule has 9 nitrogen and oxygen atoms in total. The summed E-state index contributed by atoms with van der Waals surface area (Å²) in [4.78, 5) is 2.37. The van der Waals surface area contributed by atoms with Crippen molar-refractivity contribution in [2.45, 2.75) is 63.3 Å². The van der Waals surface area contributed by atoms with Gasteiger partial charge in [-0.1, -0.05) is 30.3 Å². The molecule has 0 radical (unpaired) electrons. The zero-order valence-corrected chi connectivity index (χ0v) is 25.3. The van der Waals surface area contributed by atoms with Crippen molar-refractivity contribution in [2.24, 2.45) is 5.92 Å². The molecule has 0 spiro atoms. The number of fused-ring (bicyclic) bond motifs is 1. The van der Waals surface area contributed by atoms with E-state index in [1.807, 2.05) is 0 Å². The molecule has 2 N–H and O–H groups in total. The highest BCUT2D eigenvalue weighted by Crippen LogP contribution is 2.35. The number of aliphatic hydroxyl groups is 1. The first kappa shape index (κ1) is 31.2. The highest BCUT2D eigenvalue weighted by atomic mass is 16.5. The second-order valence-electron chi connectivity index (χ2n) is 11.8. The van der Waals surface area contributed by atoms with Crippen molar-refractivity contribution in [3.63, 3.8) is 0 Å². The quantitative estimate of drug-likeness (QED) is 0.288. The number of benzene rings is 2. The Morgan fingerprint density at radius 1 is 1.00 bits per heavy atom. The first-order valence-electron chi connectivity index (χ1n) is 15.4. The highest BCUT2D eigenvalue weighted by molar-refractivity contribution is 5.61. The third-order valence-corrected chi connectivity index (χ3v) is 8.39. The Hall–Kier alpha value is -2.24. The van der Waals surface area contributed by atoms with Gasteiger partial charge in [-0.15, -0.1) is 0 Å². The van der Waals surface area contributed by atoms with E-state index in [-0.39, 0.29) is 24.7 Å². The number of aliphatic hydroxyl groups excluding tert-OH is 1. The molecule has 2 aromatic carbocycles. The van der Waals surface area contributed by atoms with Crippen molar-refractivity contribution < 1.29 is 33.5 Å². The topological polar surface area (TPSA) is 90.9 Å². The molecule has 2 heterocycles. The summed E-state index contributed by atoms with van der Waals surface area (Å²) < 4.78 is 35.3. The Morgan fingerprint density at radius 3 is 2.52 bits per heavy atom. The maximum absolute atomic E-state index is 9.92. The largest absolute Gasteiger partial charge is 0.490 e. The Bertz CT molecular complexity index is 1100. The first-order chi connectivity index (χ1) is 20.6. The molecule has 9 heteroatoms. The number of ether oxygens (including phenoxy) is 6. The van der Waals surface area contributed by atoms with Gasteiger partial charge in [0, 0.05) is 52.3 Å². The van der Waals surface area contributed by atoms with E-state index in [0.29, 0.717) is 38.4 Å². The van der Waals surface area contributed by atoms with Gasteiger partial charge in [-0.25, -0.2) is 0 Å². The lowest BCUT2D eigenvalue weighted by atomic mass is 9.85. The van der Waals surface area contributed by atoms with Gasteiger partial charge in [-0.2, -0.15) is 0 Å². The van der Waals surface area contributed by atoms with Gasteiger partial charge in [0.15, 0.2) is 0 Å². The molecule has 2 fully saturated rings. The van der Waals surface area contributed by atoms with Crippen molar-refractivity contribution in [3.8, 4) is 5.75 Å². The number of anilines is 1. The van der Waals surface area contributed by atoms with Gasteiger partial charge in [0.05, 0.1) is 63.1 Å². The Morgan fingerprint density at radius 2 is 1.79 bits per heavy atom. The van der Waals surface area contributed by atoms with Gasteiger partial charge in [0.1, 0.15) is 12.4 Å². The van der Waals surface area contributed by atoms with Crippen molar-refractivity contribution in [1.29, 1.82) is 0 Å². The predicted octanol–water partition coefficient (Wildman–Crippen LogP) is 3.51. The highest BCUT2D eigenvalue weighted by Gasteiger charge is 2.38. The van der Waals surface area contributed by atoms with Crippen LogP contribution < -0.4 is 15.0 Å². The van der Waals surface area contributed by atoms with Crippen molar-refractivity contribution in [3.05, 3.63) is 59.2 Å². The maximum Gasteiger partial charge on any atom is 0.142 e. The van der Waals surface area contributed by atoms with Gasteiger partial charge in [-0.3, -0.25) is 0 Å². The Labute approximate surface area is 250 Å². The number of rotatable bonds is 16. The molecule has 42 heavy (non-hydrogen) atoms. The minimum atomic E-state index is -0.528. The number of nitrogens with one attached hydrogen (secondary N) is 1. The summed E-state index contributed by atoms with van der Waals surface area (Å²) in [5.74, 6) is 1.47. The maximum atomic E-state index is 9.92. The lowest BCUT2D eigenvalue weighted by Crippen LogP contribution is -2.51. The Balaban J connectivity index is 1.24. The van der Waals surface area contributed by atoms with Crippen LogP contribution in [-0.4, -0.2) is 96.3 Å². The van der Waals surface area contributed by atoms with Crippen LogP contribution >= 0.6 is 0 Å². The van der Waals surface area contributed by atoms with E-state index in [2.05, 4.69) is 52.7 Å². The molecule has 0 amide bonds. The zero-order valence-electron chi connectivity index (χ0n) is 25.3. The average Bonchev–Trinajstić information content (AvgIpc) is 3.78. The van der Waals surface area contributed by atoms with Gasteiger partial charge >= 0.3 is 0 Å². The second-order valence-corrected chi connectivity index (χ2v) is 11.8. The standard InChI is InChI=1S/C33H48N2O7/c1-23(36)19-41-31-17-34-18-32(33(31)26-8-5-24(6-9-26)20-39-22-27-16-30(27)38-3)42-21-25-7-10-29-28(15-25)35(12-14-40-29)11-4-13-37-2/h5-10,15,23,27,30-34,36H,4,11-14,16-22H2,1-3H3/t23-,27?,30+,31-,32+,33+/m1/s1. The van der Waals surface area contributed by atoms with E-state index in [1.54, 1.807) is 21.1 Å². The van der Waals surface area contributed by atoms with Crippen LogP contribution in [0.1, 0.15) is 42.4 Å². The fourth-order valence-electron chi connectivity index (χ4n) is 5.97. The van der Waals surface area contributed by atoms with E-state index < -0.39 is 6.10 Å². The molecule has 1 saturated carbocycles. The molecule has 232 valence electrons. The molecule has 5 rings (SSSR count). The monoisotopic (exact) mass is 584 g/mol. The van der Waals surface area contributed by atoms with Crippen LogP contribution in [0.4, 0.5) is 5.69 Å². The van der Waals surface area contributed by atoms with Crippen LogP contribution in [0.5, 0.6) is 5.75 Å². The molecule has 2 aromatic rings. The summed E-state index contributed by atoms with van der Waals surface area (Å²) in [7, 11) is 3.51. The lowest BCUT2D eigenvalue weighted by Gasteiger charge is -2.39. The summed E-state index contributed by atoms with van der Waals surface area (Å²) >= 11 is 0. The number of methoxy groups -OCH3 is 2. The first-order valence-corrected chi connectivity index (χ1v) is 15.4. The molecule has 0 aromatic heterocycles. The minimum Gasteiger partial charge on any atom is -0.490 e. The van der Waals surface area contributed by atoms with Crippen LogP contribution in [0.15, 0.2) is 42.5 Å². The van der Waals surface area contributed by atoms with Crippen molar-refractivity contribution in [2.75, 3.05) is 71.7 Å².